The summed E-state index contributed by atoms with van der Waals surface area (Å²) in [4.78, 5) is 14.5. The molecule has 0 saturated carbocycles. The Morgan fingerprint density at radius 3 is 2.00 bits per heavy atom. The maximum Gasteiger partial charge on any atom is 0.141 e. The fraction of sp³-hybridized carbons (Fsp3) is 0.0667. The normalized spacial score (nSPS) is 12.3. The van der Waals surface area contributed by atoms with Crippen molar-refractivity contribution < 1.29 is 5.11 Å². The number of hydrogen-bond acceptors (Lipinski definition) is 5. The van der Waals surface area contributed by atoms with Gasteiger partial charge in [-0.3, -0.25) is 4.90 Å². The molecule has 50 heavy (non-hydrogen) atoms. The monoisotopic (exact) mass is 646 g/mol. The zero-order valence-electron chi connectivity index (χ0n) is 28.1. The summed E-state index contributed by atoms with van der Waals surface area (Å²) in [6.07, 6.45) is 1.92. The predicted molar refractivity (Wildman–Crippen MR) is 207 cm³/mol. The van der Waals surface area contributed by atoms with Gasteiger partial charge in [0.2, 0.25) is 0 Å². The molecule has 5 nitrogen and oxygen atoms in total. The van der Waals surface area contributed by atoms with Gasteiger partial charge in [0.05, 0.1) is 28.4 Å². The van der Waals surface area contributed by atoms with Crippen LogP contribution < -0.4 is 9.80 Å². The Morgan fingerprint density at radius 1 is 0.520 bits per heavy atom. The molecule has 0 radical (unpaired) electrons. The number of rotatable bonds is 4. The van der Waals surface area contributed by atoms with Crippen LogP contribution in [0.2, 0.25) is 0 Å². The molecule has 0 bridgehead atoms. The lowest BCUT2D eigenvalue weighted by Gasteiger charge is -2.38. The van der Waals surface area contributed by atoms with Crippen LogP contribution in [-0.2, 0) is 0 Å². The second-order valence-electron chi connectivity index (χ2n) is 13.1. The van der Waals surface area contributed by atoms with Gasteiger partial charge in [-0.25, -0.2) is 9.97 Å². The SMILES string of the molecule is Cc1cc(-c2ccccc2)cc(C)c1-c1ccnc(N2c3cc(-c4ccc5cccc(O)c5n4)ccc3N(C)c3cc4ccccc4cc32)c1. The van der Waals surface area contributed by atoms with E-state index in [0.717, 1.165) is 56.2 Å². The highest BCUT2D eigenvalue weighted by Crippen LogP contribution is 2.52. The van der Waals surface area contributed by atoms with Gasteiger partial charge < -0.3 is 10.0 Å². The van der Waals surface area contributed by atoms with Crippen LogP contribution in [0.25, 0.3) is 55.2 Å². The highest BCUT2D eigenvalue weighted by molar-refractivity contribution is 6.04. The van der Waals surface area contributed by atoms with E-state index >= 15 is 0 Å². The molecule has 1 N–H and O–H groups in total. The Kier molecular flexibility index (Phi) is 6.88. The maximum atomic E-state index is 10.6. The Bertz CT molecular complexity index is 2590. The maximum absolute atomic E-state index is 10.6. The summed E-state index contributed by atoms with van der Waals surface area (Å²) in [5.74, 6) is 1.01. The summed E-state index contributed by atoms with van der Waals surface area (Å²) >= 11 is 0. The van der Waals surface area contributed by atoms with Crippen LogP contribution in [0.4, 0.5) is 28.6 Å². The molecule has 0 spiro atoms. The fourth-order valence-corrected chi connectivity index (χ4v) is 7.52. The molecule has 1 aliphatic rings. The van der Waals surface area contributed by atoms with Crippen LogP contribution >= 0.6 is 0 Å². The van der Waals surface area contributed by atoms with Gasteiger partial charge >= 0.3 is 0 Å². The summed E-state index contributed by atoms with van der Waals surface area (Å²) in [6.45, 7) is 4.39. The third-order valence-electron chi connectivity index (χ3n) is 9.92. The standard InChI is InChI=1S/C45H34N4O/c1-28-22-36(30-10-5-4-6-11-30)23-29(2)44(28)35-20-21-46-43(27-35)49-40-26-34(37-18-16-31-14-9-15-42(50)45(31)47-37)17-19-38(40)48(3)39-24-32-12-7-8-13-33(32)25-41(39)49/h4-27,50H,1-3H3. The van der Waals surface area contributed by atoms with Crippen LogP contribution in [-0.4, -0.2) is 22.1 Å². The number of benzene rings is 6. The van der Waals surface area contributed by atoms with Gasteiger partial charge in [-0.15, -0.1) is 0 Å². The Labute approximate surface area is 291 Å². The molecule has 0 unspecified atom stereocenters. The number of phenols is 1. The van der Waals surface area contributed by atoms with E-state index in [2.05, 4.69) is 140 Å². The van der Waals surface area contributed by atoms with Crippen molar-refractivity contribution in [3.05, 3.63) is 157 Å². The van der Waals surface area contributed by atoms with Crippen LogP contribution in [0.5, 0.6) is 5.75 Å². The number of fused-ring (bicyclic) bond motifs is 4. The smallest absolute Gasteiger partial charge is 0.141 e. The van der Waals surface area contributed by atoms with E-state index in [1.807, 2.05) is 30.5 Å². The average Bonchev–Trinajstić information content (AvgIpc) is 3.14. The van der Waals surface area contributed by atoms with Gasteiger partial charge in [-0.2, -0.15) is 0 Å². The minimum atomic E-state index is 0.174. The molecule has 0 amide bonds. The van der Waals surface area contributed by atoms with Crippen LogP contribution in [0.3, 0.4) is 0 Å². The van der Waals surface area contributed by atoms with Crippen LogP contribution in [0, 0.1) is 13.8 Å². The number of nitrogens with zero attached hydrogens (tertiary/aromatic N) is 4. The molecule has 0 atom stereocenters. The summed E-state index contributed by atoms with van der Waals surface area (Å²) < 4.78 is 0. The van der Waals surface area contributed by atoms with Crippen molar-refractivity contribution in [3.63, 3.8) is 0 Å². The molecule has 0 fully saturated rings. The van der Waals surface area contributed by atoms with E-state index in [4.69, 9.17) is 9.97 Å². The molecule has 9 rings (SSSR count). The van der Waals surface area contributed by atoms with Gasteiger partial charge in [0.15, 0.2) is 0 Å². The first-order chi connectivity index (χ1) is 24.4. The number of phenolic OH excluding ortho intramolecular Hbond substituents is 1. The molecule has 5 heteroatoms. The van der Waals surface area contributed by atoms with Gasteiger partial charge in [0.25, 0.3) is 0 Å². The number of aryl methyl sites for hydroxylation is 2. The van der Waals surface area contributed by atoms with Gasteiger partial charge in [-0.1, -0.05) is 91.0 Å². The topological polar surface area (TPSA) is 52.5 Å². The molecule has 6 aromatic carbocycles. The number of hydrogen-bond donors (Lipinski definition) is 1. The number of anilines is 5. The lowest BCUT2D eigenvalue weighted by atomic mass is 9.91. The van der Waals surface area contributed by atoms with Crippen molar-refractivity contribution >= 4 is 50.2 Å². The zero-order chi connectivity index (χ0) is 33.9. The highest BCUT2D eigenvalue weighted by Gasteiger charge is 2.30. The van der Waals surface area contributed by atoms with E-state index in [9.17, 15) is 5.11 Å². The number of para-hydroxylation sites is 1. The molecule has 1 aliphatic heterocycles. The molecule has 8 aromatic rings. The van der Waals surface area contributed by atoms with Crippen LogP contribution in [0.1, 0.15) is 11.1 Å². The summed E-state index contributed by atoms with van der Waals surface area (Å²) in [6, 6.07) is 48.5. The fourth-order valence-electron chi connectivity index (χ4n) is 7.52. The summed E-state index contributed by atoms with van der Waals surface area (Å²) in [5.41, 5.74) is 13.8. The minimum Gasteiger partial charge on any atom is -0.506 e. The summed E-state index contributed by atoms with van der Waals surface area (Å²) in [5, 5.41) is 13.8. The average molecular weight is 647 g/mol. The molecular formula is C45H34N4O. The van der Waals surface area contributed by atoms with Crippen molar-refractivity contribution in [2.24, 2.45) is 0 Å². The number of aromatic hydroxyl groups is 1. The first-order valence-electron chi connectivity index (χ1n) is 16.9. The largest absolute Gasteiger partial charge is 0.506 e. The van der Waals surface area contributed by atoms with E-state index < -0.39 is 0 Å². The van der Waals surface area contributed by atoms with E-state index in [1.54, 1.807) is 6.07 Å². The molecular weight excluding hydrogens is 613 g/mol. The second kappa shape index (κ2) is 11.6. The van der Waals surface area contributed by atoms with Crippen molar-refractivity contribution in [2.45, 2.75) is 13.8 Å². The van der Waals surface area contributed by atoms with E-state index in [1.165, 1.54) is 33.2 Å². The third kappa shape index (κ3) is 4.86. The minimum absolute atomic E-state index is 0.174. The third-order valence-corrected chi connectivity index (χ3v) is 9.92. The van der Waals surface area contributed by atoms with Crippen molar-refractivity contribution in [1.82, 2.24) is 9.97 Å². The van der Waals surface area contributed by atoms with E-state index in [0.29, 0.717) is 5.52 Å². The lowest BCUT2D eigenvalue weighted by Crippen LogP contribution is -2.24. The van der Waals surface area contributed by atoms with Crippen molar-refractivity contribution in [3.8, 4) is 39.3 Å². The first-order valence-corrected chi connectivity index (χ1v) is 16.9. The summed E-state index contributed by atoms with van der Waals surface area (Å²) in [7, 11) is 2.13. The quantitative estimate of drug-likeness (QED) is 0.206. The molecule has 240 valence electrons. The predicted octanol–water partition coefficient (Wildman–Crippen LogP) is 11.7. The van der Waals surface area contributed by atoms with Crippen molar-refractivity contribution in [2.75, 3.05) is 16.8 Å². The number of aromatic nitrogens is 2. The highest BCUT2D eigenvalue weighted by atomic mass is 16.3. The molecule has 0 aliphatic carbocycles. The Morgan fingerprint density at radius 2 is 1.22 bits per heavy atom. The van der Waals surface area contributed by atoms with Crippen molar-refractivity contribution in [1.29, 1.82) is 0 Å². The van der Waals surface area contributed by atoms with Gasteiger partial charge in [-0.05, 0) is 107 Å². The Hall–Kier alpha value is -6.46. The first kappa shape index (κ1) is 29.7. The molecule has 2 aromatic heterocycles. The van der Waals surface area contributed by atoms with Gasteiger partial charge in [0.1, 0.15) is 17.1 Å². The lowest BCUT2D eigenvalue weighted by molar-refractivity contribution is 0.480. The van der Waals surface area contributed by atoms with Gasteiger partial charge in [0, 0.05) is 24.2 Å². The van der Waals surface area contributed by atoms with Crippen LogP contribution in [0.15, 0.2) is 146 Å². The zero-order valence-corrected chi connectivity index (χ0v) is 28.1. The second-order valence-corrected chi connectivity index (χ2v) is 13.1. The Balaban J connectivity index is 1.23. The van der Waals surface area contributed by atoms with E-state index in [-0.39, 0.29) is 5.75 Å². The molecule has 0 saturated heterocycles. The number of pyridine rings is 2. The molecule has 3 heterocycles.